The first-order valence-corrected chi connectivity index (χ1v) is 9.70. The molecule has 0 unspecified atom stereocenters. The molecule has 1 N–H and O–H groups in total. The van der Waals surface area contributed by atoms with Gasteiger partial charge in [-0.15, -0.1) is 0 Å². The zero-order valence-electron chi connectivity index (χ0n) is 16.9. The van der Waals surface area contributed by atoms with Crippen molar-refractivity contribution in [2.75, 3.05) is 18.4 Å². The van der Waals surface area contributed by atoms with Gasteiger partial charge in [0.05, 0.1) is 11.9 Å². The Kier molecular flexibility index (Phi) is 6.75. The highest BCUT2D eigenvalue weighted by Gasteiger charge is 2.23. The fourth-order valence-electron chi connectivity index (χ4n) is 2.98. The molecule has 7 heteroatoms. The number of amides is 2. The van der Waals surface area contributed by atoms with E-state index in [0.29, 0.717) is 35.7 Å². The number of hydrogen-bond acceptors (Lipinski definition) is 3. The average Bonchev–Trinajstić information content (AvgIpc) is 3.18. The standard InChI is InChI=1S/C23H23FN4O2/c1-3-27(4-2)23(30)20-16-25-28(19-8-6-5-7-9-19)22(20)26-21(29)15-12-17-10-13-18(24)14-11-17/h5-16H,3-4H2,1-2H3,(H,26,29)/b15-12+. The lowest BCUT2D eigenvalue weighted by atomic mass is 10.2. The molecule has 6 nitrogen and oxygen atoms in total. The monoisotopic (exact) mass is 406 g/mol. The molecule has 1 aromatic heterocycles. The van der Waals surface area contributed by atoms with Crippen molar-refractivity contribution in [2.45, 2.75) is 13.8 Å². The number of benzene rings is 2. The molecule has 0 aliphatic heterocycles. The largest absolute Gasteiger partial charge is 0.339 e. The van der Waals surface area contributed by atoms with Crippen molar-refractivity contribution in [2.24, 2.45) is 0 Å². The summed E-state index contributed by atoms with van der Waals surface area (Å²) in [7, 11) is 0. The number of anilines is 1. The van der Waals surface area contributed by atoms with Gasteiger partial charge >= 0.3 is 0 Å². The summed E-state index contributed by atoms with van der Waals surface area (Å²) in [6.45, 7) is 4.88. The van der Waals surface area contributed by atoms with Crippen molar-refractivity contribution in [3.8, 4) is 5.69 Å². The van der Waals surface area contributed by atoms with Crippen molar-refractivity contribution < 1.29 is 14.0 Å². The highest BCUT2D eigenvalue weighted by Crippen LogP contribution is 2.22. The molecule has 0 radical (unpaired) electrons. The van der Waals surface area contributed by atoms with Gasteiger partial charge < -0.3 is 10.2 Å². The molecule has 30 heavy (non-hydrogen) atoms. The van der Waals surface area contributed by atoms with Crippen LogP contribution >= 0.6 is 0 Å². The van der Waals surface area contributed by atoms with Crippen LogP contribution in [-0.4, -0.2) is 39.6 Å². The molecule has 3 rings (SSSR count). The summed E-state index contributed by atoms with van der Waals surface area (Å²) in [5.74, 6) is -0.680. The first-order valence-electron chi connectivity index (χ1n) is 9.70. The number of rotatable bonds is 7. The minimum atomic E-state index is -0.425. The Morgan fingerprint density at radius 1 is 1.07 bits per heavy atom. The van der Waals surface area contributed by atoms with Crippen LogP contribution in [0.25, 0.3) is 11.8 Å². The summed E-state index contributed by atoms with van der Waals surface area (Å²) < 4.78 is 14.6. The maximum atomic E-state index is 13.0. The van der Waals surface area contributed by atoms with Gasteiger partial charge in [-0.2, -0.15) is 5.10 Å². The molecule has 1 heterocycles. The molecule has 0 spiro atoms. The Morgan fingerprint density at radius 3 is 2.37 bits per heavy atom. The molecular weight excluding hydrogens is 383 g/mol. The second kappa shape index (κ2) is 9.65. The number of halogens is 1. The van der Waals surface area contributed by atoms with E-state index in [1.807, 2.05) is 44.2 Å². The topological polar surface area (TPSA) is 67.2 Å². The van der Waals surface area contributed by atoms with Crippen LogP contribution in [0, 0.1) is 5.82 Å². The Balaban J connectivity index is 1.92. The van der Waals surface area contributed by atoms with Gasteiger partial charge in [0.25, 0.3) is 5.91 Å². The third-order valence-electron chi connectivity index (χ3n) is 4.59. The maximum Gasteiger partial charge on any atom is 0.259 e. The molecule has 0 saturated heterocycles. The van der Waals surface area contributed by atoms with Crippen LogP contribution in [0.4, 0.5) is 10.2 Å². The van der Waals surface area contributed by atoms with Crippen molar-refractivity contribution in [1.29, 1.82) is 0 Å². The Bertz CT molecular complexity index is 1040. The number of hydrogen-bond donors (Lipinski definition) is 1. The van der Waals surface area contributed by atoms with Gasteiger partial charge in [-0.3, -0.25) is 9.59 Å². The van der Waals surface area contributed by atoms with Gasteiger partial charge in [-0.05, 0) is 49.8 Å². The summed E-state index contributed by atoms with van der Waals surface area (Å²) in [6, 6.07) is 15.0. The molecule has 2 amide bonds. The van der Waals surface area contributed by atoms with E-state index < -0.39 is 5.91 Å². The number of para-hydroxylation sites is 1. The van der Waals surface area contributed by atoms with Gasteiger partial charge in [0, 0.05) is 19.2 Å². The van der Waals surface area contributed by atoms with Gasteiger partial charge in [0.1, 0.15) is 17.2 Å². The Labute approximate surface area is 174 Å². The Hall–Kier alpha value is -3.74. The van der Waals surface area contributed by atoms with Gasteiger partial charge in [0.15, 0.2) is 0 Å². The molecule has 0 aliphatic rings. The molecule has 0 fully saturated rings. The maximum absolute atomic E-state index is 13.0. The summed E-state index contributed by atoms with van der Waals surface area (Å²) in [6.07, 6.45) is 4.37. The molecule has 3 aromatic rings. The van der Waals surface area contributed by atoms with E-state index in [2.05, 4.69) is 10.4 Å². The minimum Gasteiger partial charge on any atom is -0.339 e. The van der Waals surface area contributed by atoms with Crippen molar-refractivity contribution in [1.82, 2.24) is 14.7 Å². The van der Waals surface area contributed by atoms with Gasteiger partial charge in [-0.1, -0.05) is 30.3 Å². The second-order valence-corrected chi connectivity index (χ2v) is 6.51. The van der Waals surface area contributed by atoms with E-state index in [9.17, 15) is 14.0 Å². The fraction of sp³-hybridized carbons (Fsp3) is 0.174. The summed E-state index contributed by atoms with van der Waals surface area (Å²) >= 11 is 0. The van der Waals surface area contributed by atoms with Crippen LogP contribution in [0.1, 0.15) is 29.8 Å². The van der Waals surface area contributed by atoms with Crippen molar-refractivity contribution >= 4 is 23.7 Å². The van der Waals surface area contributed by atoms with Crippen LogP contribution in [0.2, 0.25) is 0 Å². The van der Waals surface area contributed by atoms with E-state index in [-0.39, 0.29) is 11.7 Å². The quantitative estimate of drug-likeness (QED) is 0.600. The lowest BCUT2D eigenvalue weighted by Gasteiger charge is -2.19. The highest BCUT2D eigenvalue weighted by molar-refractivity contribution is 6.07. The van der Waals surface area contributed by atoms with E-state index >= 15 is 0 Å². The zero-order chi connectivity index (χ0) is 21.5. The third kappa shape index (κ3) is 4.81. The normalized spacial score (nSPS) is 10.9. The lowest BCUT2D eigenvalue weighted by Crippen LogP contribution is -2.31. The Morgan fingerprint density at radius 2 is 1.73 bits per heavy atom. The first kappa shape index (κ1) is 21.0. The van der Waals surface area contributed by atoms with Crippen LogP contribution < -0.4 is 5.32 Å². The zero-order valence-corrected chi connectivity index (χ0v) is 16.9. The van der Waals surface area contributed by atoms with E-state index in [1.54, 1.807) is 23.1 Å². The number of nitrogens with one attached hydrogen (secondary N) is 1. The summed E-state index contributed by atoms with van der Waals surface area (Å²) in [5, 5.41) is 7.10. The number of nitrogens with zero attached hydrogens (tertiary/aromatic N) is 3. The summed E-state index contributed by atoms with van der Waals surface area (Å²) in [5.41, 5.74) is 1.71. The molecule has 2 aromatic carbocycles. The molecular formula is C23H23FN4O2. The third-order valence-corrected chi connectivity index (χ3v) is 4.59. The van der Waals surface area contributed by atoms with Crippen LogP contribution in [0.15, 0.2) is 66.9 Å². The molecule has 154 valence electrons. The van der Waals surface area contributed by atoms with Crippen molar-refractivity contribution in [3.05, 3.63) is 83.8 Å². The smallest absolute Gasteiger partial charge is 0.259 e. The van der Waals surface area contributed by atoms with Crippen LogP contribution in [0.3, 0.4) is 0 Å². The second-order valence-electron chi connectivity index (χ2n) is 6.51. The van der Waals surface area contributed by atoms with E-state index in [0.717, 1.165) is 0 Å². The first-order chi connectivity index (χ1) is 14.5. The van der Waals surface area contributed by atoms with E-state index in [4.69, 9.17) is 0 Å². The predicted molar refractivity (Wildman–Crippen MR) is 115 cm³/mol. The predicted octanol–water partition coefficient (Wildman–Crippen LogP) is 4.15. The minimum absolute atomic E-state index is 0.208. The van der Waals surface area contributed by atoms with Crippen LogP contribution in [0.5, 0.6) is 0 Å². The fourth-order valence-corrected chi connectivity index (χ4v) is 2.98. The van der Waals surface area contributed by atoms with Gasteiger partial charge in [-0.25, -0.2) is 9.07 Å². The molecule has 0 saturated carbocycles. The number of carbonyl (C=O) groups is 2. The average molecular weight is 406 g/mol. The SMILES string of the molecule is CCN(CC)C(=O)c1cnn(-c2ccccc2)c1NC(=O)/C=C/c1ccc(F)cc1. The highest BCUT2D eigenvalue weighted by atomic mass is 19.1. The lowest BCUT2D eigenvalue weighted by molar-refractivity contribution is -0.111. The molecule has 0 aliphatic carbocycles. The number of carbonyl (C=O) groups excluding carboxylic acids is 2. The van der Waals surface area contributed by atoms with Crippen LogP contribution in [-0.2, 0) is 4.79 Å². The van der Waals surface area contributed by atoms with Gasteiger partial charge in [0.2, 0.25) is 5.91 Å². The van der Waals surface area contributed by atoms with E-state index in [1.165, 1.54) is 29.1 Å². The summed E-state index contributed by atoms with van der Waals surface area (Å²) in [4.78, 5) is 27.2. The molecule has 0 atom stereocenters. The molecule has 0 bridgehead atoms. The number of aromatic nitrogens is 2. The van der Waals surface area contributed by atoms with Crippen molar-refractivity contribution in [3.63, 3.8) is 0 Å².